The molecule has 1 nitrogen and oxygen atoms in total. The van der Waals surface area contributed by atoms with Crippen LogP contribution in [0.15, 0.2) is 0 Å². The lowest BCUT2D eigenvalue weighted by Crippen LogP contribution is -2.45. The molecule has 0 aromatic heterocycles. The van der Waals surface area contributed by atoms with Crippen LogP contribution in [0.25, 0.3) is 0 Å². The molecule has 2 aliphatic rings. The summed E-state index contributed by atoms with van der Waals surface area (Å²) in [4.78, 5) is 2.67. The minimum absolute atomic E-state index is 0.538. The van der Waals surface area contributed by atoms with Gasteiger partial charge in [-0.05, 0) is 56.4 Å². The average molecular weight is 209 g/mol. The monoisotopic (exact) mass is 209 g/mol. The maximum atomic E-state index is 2.67. The van der Waals surface area contributed by atoms with Crippen LogP contribution in [0.2, 0.25) is 0 Å². The molecule has 0 amide bonds. The highest BCUT2D eigenvalue weighted by Gasteiger charge is 2.51. The Bertz CT molecular complexity index is 230. The van der Waals surface area contributed by atoms with Gasteiger partial charge in [0, 0.05) is 12.6 Å². The van der Waals surface area contributed by atoms with E-state index >= 15 is 0 Å². The van der Waals surface area contributed by atoms with Gasteiger partial charge >= 0.3 is 0 Å². The number of nitrogens with zero attached hydrogens (tertiary/aromatic N) is 1. The van der Waals surface area contributed by atoms with E-state index in [2.05, 4.69) is 39.5 Å². The third-order valence-corrected chi connectivity index (χ3v) is 4.78. The summed E-state index contributed by atoms with van der Waals surface area (Å²) in [5.74, 6) is 0.976. The van der Waals surface area contributed by atoms with Crippen LogP contribution in [0.1, 0.15) is 53.9 Å². The summed E-state index contributed by atoms with van der Waals surface area (Å²) in [6, 6.07) is 0.748. The molecule has 2 fully saturated rings. The number of likely N-dealkylation sites (tertiary alicyclic amines) is 1. The van der Waals surface area contributed by atoms with Gasteiger partial charge in [0.05, 0.1) is 0 Å². The molecule has 1 aliphatic carbocycles. The Morgan fingerprint density at radius 3 is 2.20 bits per heavy atom. The Kier molecular flexibility index (Phi) is 2.65. The molecule has 1 aliphatic heterocycles. The fourth-order valence-corrected chi connectivity index (χ4v) is 3.34. The van der Waals surface area contributed by atoms with Crippen LogP contribution in [-0.4, -0.2) is 24.0 Å². The predicted molar refractivity (Wildman–Crippen MR) is 65.9 cm³/mol. The van der Waals surface area contributed by atoms with E-state index in [1.165, 1.54) is 32.4 Å². The molecule has 0 aromatic rings. The first-order chi connectivity index (χ1) is 6.82. The molecular formula is C14H27N. The molecule has 1 saturated carbocycles. The summed E-state index contributed by atoms with van der Waals surface area (Å²) in [6.07, 6.45) is 4.43. The van der Waals surface area contributed by atoms with Gasteiger partial charge in [-0.25, -0.2) is 0 Å². The molecule has 2 rings (SSSR count). The van der Waals surface area contributed by atoms with Gasteiger partial charge in [0.25, 0.3) is 0 Å². The molecule has 1 heterocycles. The van der Waals surface area contributed by atoms with Gasteiger partial charge in [0.2, 0.25) is 0 Å². The zero-order valence-corrected chi connectivity index (χ0v) is 11.1. The first-order valence-electron chi connectivity index (χ1n) is 6.56. The fourth-order valence-electron chi connectivity index (χ4n) is 3.34. The van der Waals surface area contributed by atoms with Crippen molar-refractivity contribution in [1.82, 2.24) is 4.90 Å². The van der Waals surface area contributed by atoms with Crippen LogP contribution in [0, 0.1) is 16.7 Å². The average Bonchev–Trinajstić information content (AvgIpc) is 2.42. The van der Waals surface area contributed by atoms with Crippen molar-refractivity contribution in [2.75, 3.05) is 13.1 Å². The van der Waals surface area contributed by atoms with E-state index in [9.17, 15) is 0 Å². The van der Waals surface area contributed by atoms with Gasteiger partial charge in [-0.1, -0.05) is 20.8 Å². The summed E-state index contributed by atoms with van der Waals surface area (Å²) in [6.45, 7) is 14.6. The Hall–Kier alpha value is -0.0400. The van der Waals surface area contributed by atoms with E-state index in [-0.39, 0.29) is 0 Å². The second kappa shape index (κ2) is 3.48. The van der Waals surface area contributed by atoms with Crippen LogP contribution < -0.4 is 0 Å². The maximum Gasteiger partial charge on any atom is 0.00414 e. The van der Waals surface area contributed by atoms with Crippen LogP contribution in [0.5, 0.6) is 0 Å². The Morgan fingerprint density at radius 1 is 1.20 bits per heavy atom. The van der Waals surface area contributed by atoms with E-state index in [1.807, 2.05) is 0 Å². The lowest BCUT2D eigenvalue weighted by atomic mass is 9.54. The van der Waals surface area contributed by atoms with Gasteiger partial charge in [-0.3, -0.25) is 0 Å². The Labute approximate surface area is 95.2 Å². The molecule has 1 spiro atoms. The second-order valence-corrected chi connectivity index (χ2v) is 7.29. The quantitative estimate of drug-likeness (QED) is 0.638. The second-order valence-electron chi connectivity index (χ2n) is 7.29. The SMILES string of the molecule is CC(C)N1CCC2(CC(C(C)(C)C)C2)C1. The smallest absolute Gasteiger partial charge is 0.00414 e. The topological polar surface area (TPSA) is 3.24 Å². The predicted octanol–water partition coefficient (Wildman–Crippen LogP) is 3.54. The maximum absolute atomic E-state index is 2.67. The van der Waals surface area contributed by atoms with Gasteiger partial charge in [0.1, 0.15) is 0 Å². The Morgan fingerprint density at radius 2 is 1.80 bits per heavy atom. The lowest BCUT2D eigenvalue weighted by Gasteiger charge is -2.51. The number of hydrogen-bond donors (Lipinski definition) is 0. The highest BCUT2D eigenvalue weighted by atomic mass is 15.2. The van der Waals surface area contributed by atoms with Crippen molar-refractivity contribution in [2.24, 2.45) is 16.7 Å². The molecular weight excluding hydrogens is 182 g/mol. The normalized spacial score (nSPS) is 37.6. The Balaban J connectivity index is 1.89. The first kappa shape index (κ1) is 11.4. The third-order valence-electron chi connectivity index (χ3n) is 4.78. The molecule has 88 valence electrons. The molecule has 0 N–H and O–H groups in total. The van der Waals surface area contributed by atoms with Crippen LogP contribution in [0.3, 0.4) is 0 Å². The van der Waals surface area contributed by atoms with Gasteiger partial charge in [0.15, 0.2) is 0 Å². The summed E-state index contributed by atoms with van der Waals surface area (Å²) in [5, 5.41) is 0. The molecule has 0 aromatic carbocycles. The molecule has 15 heavy (non-hydrogen) atoms. The number of rotatable bonds is 1. The standard InChI is InChI=1S/C14H27N/c1-11(2)15-7-6-14(10-15)8-12(9-14)13(3,4)5/h11-12H,6-10H2,1-5H3. The number of hydrogen-bond acceptors (Lipinski definition) is 1. The zero-order valence-electron chi connectivity index (χ0n) is 11.1. The minimum Gasteiger partial charge on any atom is -0.300 e. The van der Waals surface area contributed by atoms with Gasteiger partial charge < -0.3 is 4.90 Å². The van der Waals surface area contributed by atoms with Crippen molar-refractivity contribution in [3.63, 3.8) is 0 Å². The van der Waals surface area contributed by atoms with E-state index < -0.39 is 0 Å². The van der Waals surface area contributed by atoms with Gasteiger partial charge in [-0.15, -0.1) is 0 Å². The van der Waals surface area contributed by atoms with E-state index in [0.717, 1.165) is 17.4 Å². The van der Waals surface area contributed by atoms with Crippen LogP contribution >= 0.6 is 0 Å². The van der Waals surface area contributed by atoms with E-state index in [0.29, 0.717) is 5.41 Å². The molecule has 1 saturated heterocycles. The van der Waals surface area contributed by atoms with Crippen molar-refractivity contribution in [2.45, 2.75) is 59.9 Å². The summed E-state index contributed by atoms with van der Waals surface area (Å²) in [5.41, 5.74) is 1.26. The van der Waals surface area contributed by atoms with Crippen LogP contribution in [0.4, 0.5) is 0 Å². The van der Waals surface area contributed by atoms with Crippen molar-refractivity contribution in [3.8, 4) is 0 Å². The molecule has 0 bridgehead atoms. The van der Waals surface area contributed by atoms with Crippen molar-refractivity contribution in [1.29, 1.82) is 0 Å². The summed E-state index contributed by atoms with van der Waals surface area (Å²) >= 11 is 0. The molecule has 0 unspecified atom stereocenters. The van der Waals surface area contributed by atoms with Crippen molar-refractivity contribution >= 4 is 0 Å². The third kappa shape index (κ3) is 2.08. The molecule has 1 heteroatoms. The summed E-state index contributed by atoms with van der Waals surface area (Å²) < 4.78 is 0. The zero-order chi connectivity index (χ0) is 11.3. The van der Waals surface area contributed by atoms with E-state index in [4.69, 9.17) is 0 Å². The largest absolute Gasteiger partial charge is 0.300 e. The first-order valence-corrected chi connectivity index (χ1v) is 6.56. The van der Waals surface area contributed by atoms with E-state index in [1.54, 1.807) is 0 Å². The van der Waals surface area contributed by atoms with Crippen molar-refractivity contribution < 1.29 is 0 Å². The minimum atomic E-state index is 0.538. The summed E-state index contributed by atoms with van der Waals surface area (Å²) in [7, 11) is 0. The van der Waals surface area contributed by atoms with Gasteiger partial charge in [-0.2, -0.15) is 0 Å². The highest BCUT2D eigenvalue weighted by Crippen LogP contribution is 2.57. The fraction of sp³-hybridized carbons (Fsp3) is 1.00. The highest BCUT2D eigenvalue weighted by molar-refractivity contribution is 5.03. The van der Waals surface area contributed by atoms with Crippen LogP contribution in [-0.2, 0) is 0 Å². The molecule has 0 radical (unpaired) electrons. The molecule has 0 atom stereocenters. The van der Waals surface area contributed by atoms with Crippen molar-refractivity contribution in [3.05, 3.63) is 0 Å². The lowest BCUT2D eigenvalue weighted by molar-refractivity contribution is -0.00764.